The molecule has 0 saturated carbocycles. The SMILES string of the molecule is CSc1ccc2[nH]c(=O)c(C(=O)N(C)c3ccccc3)c(OC(C)=O)c2c1. The number of carbonyl (C=O) groups excluding carboxylic acids is 2. The van der Waals surface area contributed by atoms with Gasteiger partial charge in [0, 0.05) is 29.9 Å². The molecule has 27 heavy (non-hydrogen) atoms. The number of carbonyl (C=O) groups is 2. The number of anilines is 1. The van der Waals surface area contributed by atoms with Gasteiger partial charge in [0.2, 0.25) is 0 Å². The zero-order valence-electron chi connectivity index (χ0n) is 15.1. The molecule has 0 radical (unpaired) electrons. The minimum atomic E-state index is -0.608. The topological polar surface area (TPSA) is 79.5 Å². The zero-order chi connectivity index (χ0) is 19.6. The molecule has 0 unspecified atom stereocenters. The number of nitrogens with one attached hydrogen (secondary N) is 1. The second-order valence-corrected chi connectivity index (χ2v) is 6.74. The van der Waals surface area contributed by atoms with Crippen LogP contribution in [0.1, 0.15) is 17.3 Å². The van der Waals surface area contributed by atoms with E-state index in [1.54, 1.807) is 43.4 Å². The van der Waals surface area contributed by atoms with Crippen LogP contribution in [0.2, 0.25) is 0 Å². The lowest BCUT2D eigenvalue weighted by Gasteiger charge is -2.19. The molecular weight excluding hydrogens is 364 g/mol. The molecule has 6 nitrogen and oxygen atoms in total. The number of nitrogens with zero attached hydrogens (tertiary/aromatic N) is 1. The van der Waals surface area contributed by atoms with Crippen molar-refractivity contribution in [2.75, 3.05) is 18.2 Å². The van der Waals surface area contributed by atoms with Gasteiger partial charge in [-0.05, 0) is 36.6 Å². The molecule has 1 heterocycles. The summed E-state index contributed by atoms with van der Waals surface area (Å²) in [5.74, 6) is -1.19. The number of pyridine rings is 1. The van der Waals surface area contributed by atoms with Crippen LogP contribution >= 0.6 is 11.8 Å². The van der Waals surface area contributed by atoms with Crippen LogP contribution in [0.3, 0.4) is 0 Å². The summed E-state index contributed by atoms with van der Waals surface area (Å²) in [5, 5.41) is 0.501. The summed E-state index contributed by atoms with van der Waals surface area (Å²) in [6.07, 6.45) is 1.91. The van der Waals surface area contributed by atoms with Crippen molar-refractivity contribution in [3.8, 4) is 5.75 Å². The number of rotatable bonds is 4. The largest absolute Gasteiger partial charge is 0.425 e. The smallest absolute Gasteiger partial charge is 0.308 e. The Morgan fingerprint density at radius 1 is 1.11 bits per heavy atom. The van der Waals surface area contributed by atoms with Gasteiger partial charge in [0.25, 0.3) is 11.5 Å². The van der Waals surface area contributed by atoms with Gasteiger partial charge in [0.05, 0.1) is 5.52 Å². The van der Waals surface area contributed by atoms with Crippen molar-refractivity contribution in [1.29, 1.82) is 0 Å². The number of para-hydroxylation sites is 1. The van der Waals surface area contributed by atoms with Crippen molar-refractivity contribution in [3.05, 3.63) is 64.4 Å². The first-order chi connectivity index (χ1) is 12.9. The molecule has 0 saturated heterocycles. The van der Waals surface area contributed by atoms with Gasteiger partial charge < -0.3 is 14.6 Å². The third-order valence-electron chi connectivity index (χ3n) is 4.08. The molecule has 0 atom stereocenters. The van der Waals surface area contributed by atoms with E-state index in [0.717, 1.165) is 4.90 Å². The van der Waals surface area contributed by atoms with Crippen molar-refractivity contribution in [2.24, 2.45) is 0 Å². The van der Waals surface area contributed by atoms with E-state index in [4.69, 9.17) is 4.74 Å². The van der Waals surface area contributed by atoms with Gasteiger partial charge in [0.1, 0.15) is 5.56 Å². The number of aromatic nitrogens is 1. The summed E-state index contributed by atoms with van der Waals surface area (Å²) in [5.41, 5.74) is 0.298. The maximum atomic E-state index is 13.1. The van der Waals surface area contributed by atoms with Gasteiger partial charge in [0.15, 0.2) is 5.75 Å². The predicted molar refractivity (Wildman–Crippen MR) is 107 cm³/mol. The number of amides is 1. The summed E-state index contributed by atoms with van der Waals surface area (Å²) < 4.78 is 5.33. The molecule has 0 aliphatic rings. The van der Waals surface area contributed by atoms with E-state index in [0.29, 0.717) is 16.6 Å². The Morgan fingerprint density at radius 2 is 1.81 bits per heavy atom. The van der Waals surface area contributed by atoms with Crippen LogP contribution in [0.25, 0.3) is 10.9 Å². The number of benzene rings is 2. The third kappa shape index (κ3) is 3.73. The first kappa shape index (κ1) is 18.7. The van der Waals surface area contributed by atoms with E-state index in [1.807, 2.05) is 18.4 Å². The molecule has 1 N–H and O–H groups in total. The van der Waals surface area contributed by atoms with Crippen LogP contribution in [-0.2, 0) is 4.79 Å². The molecule has 1 aromatic heterocycles. The molecule has 0 aliphatic carbocycles. The van der Waals surface area contributed by atoms with Crippen LogP contribution in [-0.4, -0.2) is 30.2 Å². The van der Waals surface area contributed by atoms with Gasteiger partial charge >= 0.3 is 5.97 Å². The number of fused-ring (bicyclic) bond motifs is 1. The minimum absolute atomic E-state index is 0.0232. The summed E-state index contributed by atoms with van der Waals surface area (Å²) in [7, 11) is 1.57. The van der Waals surface area contributed by atoms with E-state index < -0.39 is 17.4 Å². The summed E-state index contributed by atoms with van der Waals surface area (Å²) >= 11 is 1.51. The lowest BCUT2D eigenvalue weighted by molar-refractivity contribution is -0.131. The summed E-state index contributed by atoms with van der Waals surface area (Å²) in [6, 6.07) is 14.3. The Bertz CT molecular complexity index is 1080. The Balaban J connectivity index is 2.24. The van der Waals surface area contributed by atoms with Crippen molar-refractivity contribution < 1.29 is 14.3 Å². The fraction of sp³-hybridized carbons (Fsp3) is 0.150. The van der Waals surface area contributed by atoms with Crippen molar-refractivity contribution in [3.63, 3.8) is 0 Å². The first-order valence-corrected chi connectivity index (χ1v) is 9.40. The normalized spacial score (nSPS) is 10.6. The second kappa shape index (κ2) is 7.67. The molecule has 0 fully saturated rings. The number of H-pyrrole nitrogens is 1. The molecule has 0 spiro atoms. The molecule has 2 aromatic carbocycles. The number of thioether (sulfide) groups is 1. The molecule has 0 aliphatic heterocycles. The fourth-order valence-electron chi connectivity index (χ4n) is 2.75. The molecule has 0 bridgehead atoms. The highest BCUT2D eigenvalue weighted by atomic mass is 32.2. The standard InChI is InChI=1S/C20H18N2O4S/c1-12(23)26-18-15-11-14(27-3)9-10-16(15)21-19(24)17(18)20(25)22(2)13-7-5-4-6-8-13/h4-11H,1-3H3,(H,21,24). The highest BCUT2D eigenvalue weighted by Gasteiger charge is 2.25. The number of hydrogen-bond donors (Lipinski definition) is 1. The van der Waals surface area contributed by atoms with E-state index in [1.165, 1.54) is 23.6 Å². The highest BCUT2D eigenvalue weighted by Crippen LogP contribution is 2.31. The van der Waals surface area contributed by atoms with Gasteiger partial charge in [-0.3, -0.25) is 14.4 Å². The van der Waals surface area contributed by atoms with Gasteiger partial charge in [-0.1, -0.05) is 18.2 Å². The van der Waals surface area contributed by atoms with Gasteiger partial charge in [-0.2, -0.15) is 0 Å². The van der Waals surface area contributed by atoms with E-state index in [9.17, 15) is 14.4 Å². The van der Waals surface area contributed by atoms with Crippen molar-refractivity contribution in [1.82, 2.24) is 4.98 Å². The molecular formula is C20H18N2O4S. The average Bonchev–Trinajstić information content (AvgIpc) is 2.67. The Morgan fingerprint density at radius 3 is 2.44 bits per heavy atom. The Hall–Kier alpha value is -3.06. The van der Waals surface area contributed by atoms with Crippen LogP contribution in [0.5, 0.6) is 5.75 Å². The second-order valence-electron chi connectivity index (χ2n) is 5.86. The highest BCUT2D eigenvalue weighted by molar-refractivity contribution is 7.98. The van der Waals surface area contributed by atoms with Crippen LogP contribution in [0.4, 0.5) is 5.69 Å². The molecule has 7 heteroatoms. The zero-order valence-corrected chi connectivity index (χ0v) is 15.9. The van der Waals surface area contributed by atoms with E-state index in [-0.39, 0.29) is 11.3 Å². The molecule has 3 rings (SSSR count). The lowest BCUT2D eigenvalue weighted by atomic mass is 10.1. The maximum Gasteiger partial charge on any atom is 0.308 e. The molecule has 138 valence electrons. The minimum Gasteiger partial charge on any atom is -0.425 e. The Labute approximate surface area is 160 Å². The molecule has 1 amide bonds. The number of esters is 1. The van der Waals surface area contributed by atoms with Crippen LogP contribution in [0, 0.1) is 0 Å². The van der Waals surface area contributed by atoms with Gasteiger partial charge in [-0.15, -0.1) is 11.8 Å². The quantitative estimate of drug-likeness (QED) is 0.552. The van der Waals surface area contributed by atoms with Crippen LogP contribution < -0.4 is 15.2 Å². The Kier molecular flexibility index (Phi) is 5.32. The number of hydrogen-bond acceptors (Lipinski definition) is 5. The van der Waals surface area contributed by atoms with E-state index >= 15 is 0 Å². The number of ether oxygens (including phenoxy) is 1. The number of aromatic amines is 1. The summed E-state index contributed by atoms with van der Waals surface area (Å²) in [6.45, 7) is 1.24. The summed E-state index contributed by atoms with van der Waals surface area (Å²) in [4.78, 5) is 42.4. The van der Waals surface area contributed by atoms with E-state index in [2.05, 4.69) is 4.98 Å². The van der Waals surface area contributed by atoms with Crippen molar-refractivity contribution in [2.45, 2.75) is 11.8 Å². The first-order valence-electron chi connectivity index (χ1n) is 8.18. The maximum absolute atomic E-state index is 13.1. The van der Waals surface area contributed by atoms with Crippen LogP contribution in [0.15, 0.2) is 58.2 Å². The third-order valence-corrected chi connectivity index (χ3v) is 4.81. The average molecular weight is 382 g/mol. The fourth-order valence-corrected chi connectivity index (χ4v) is 3.19. The predicted octanol–water partition coefficient (Wildman–Crippen LogP) is 3.45. The van der Waals surface area contributed by atoms with Crippen molar-refractivity contribution >= 4 is 40.2 Å². The lowest BCUT2D eigenvalue weighted by Crippen LogP contribution is -2.32. The van der Waals surface area contributed by atoms with Gasteiger partial charge in [-0.25, -0.2) is 0 Å². The monoisotopic (exact) mass is 382 g/mol. The molecule has 3 aromatic rings.